The first-order valence-electron chi connectivity index (χ1n) is 13.1. The highest BCUT2D eigenvalue weighted by molar-refractivity contribution is 5.96. The molecule has 0 saturated carbocycles. The Kier molecular flexibility index (Phi) is 7.92. The molecule has 4 aromatic rings. The van der Waals surface area contributed by atoms with Crippen LogP contribution >= 0.6 is 0 Å². The van der Waals surface area contributed by atoms with Crippen LogP contribution in [0.1, 0.15) is 22.3 Å². The molecule has 5 rings (SSSR count). The number of hydrogen-bond acceptors (Lipinski definition) is 7. The molecule has 0 bridgehead atoms. The average Bonchev–Trinajstić information content (AvgIpc) is 3.41. The topological polar surface area (TPSA) is 104 Å². The van der Waals surface area contributed by atoms with Crippen LogP contribution in [0.3, 0.4) is 0 Å². The van der Waals surface area contributed by atoms with Gasteiger partial charge in [0, 0.05) is 75.4 Å². The third kappa shape index (κ3) is 5.59. The van der Waals surface area contributed by atoms with Gasteiger partial charge < -0.3 is 25.2 Å². The van der Waals surface area contributed by atoms with E-state index in [1.54, 1.807) is 48.7 Å². The normalized spacial score (nSPS) is 13.3. The number of imidazole rings is 1. The molecule has 2 amide bonds. The molecule has 0 atom stereocenters. The zero-order valence-electron chi connectivity index (χ0n) is 22.8. The fourth-order valence-corrected chi connectivity index (χ4v) is 4.81. The number of aryl methyl sites for hydroxylation is 1. The first kappa shape index (κ1) is 27.1. The number of carbonyl (C=O) groups excluding carboxylic acids is 2. The first-order valence-corrected chi connectivity index (χ1v) is 13.1. The van der Waals surface area contributed by atoms with Gasteiger partial charge in [-0.3, -0.25) is 14.0 Å². The molecule has 2 aromatic carbocycles. The number of rotatable bonds is 8. The van der Waals surface area contributed by atoms with Crippen molar-refractivity contribution in [3.8, 4) is 17.0 Å². The van der Waals surface area contributed by atoms with Gasteiger partial charge in [-0.15, -0.1) is 0 Å². The zero-order valence-corrected chi connectivity index (χ0v) is 22.8. The molecule has 1 aliphatic heterocycles. The van der Waals surface area contributed by atoms with Crippen molar-refractivity contribution in [2.75, 3.05) is 52.2 Å². The molecule has 0 spiro atoms. The number of hydrogen-bond donors (Lipinski definition) is 2. The van der Waals surface area contributed by atoms with Gasteiger partial charge in [0.05, 0.1) is 19.0 Å². The maximum atomic E-state index is 14.3. The first-order chi connectivity index (χ1) is 19.4. The number of methoxy groups -OCH3 is 1. The van der Waals surface area contributed by atoms with Gasteiger partial charge in [-0.05, 0) is 48.9 Å². The minimum atomic E-state index is -0.454. The summed E-state index contributed by atoms with van der Waals surface area (Å²) in [6.45, 7) is 5.23. The van der Waals surface area contributed by atoms with E-state index in [4.69, 9.17) is 4.74 Å². The van der Waals surface area contributed by atoms with Crippen molar-refractivity contribution in [3.05, 3.63) is 71.9 Å². The van der Waals surface area contributed by atoms with Crippen LogP contribution in [-0.2, 0) is 4.79 Å². The Balaban J connectivity index is 1.28. The van der Waals surface area contributed by atoms with Crippen LogP contribution in [-0.4, -0.2) is 82.9 Å². The third-order valence-electron chi connectivity index (χ3n) is 7.07. The molecule has 10 nitrogen and oxygen atoms in total. The highest BCUT2D eigenvalue weighted by atomic mass is 19.1. The standard InChI is InChI=1S/C29H32FN7O3/c1-19-16-21(5-6-22(19)29(39)35(2)12-8-26(38)36-13-9-31-10-14-36)34-27-28-33-18-24(37(28)15-11-32-27)20-4-7-25(40-3)23(30)17-20/h4-7,11,15-18,31H,8-10,12-14H2,1-3H3,(H,32,34). The number of carbonyl (C=O) groups is 2. The van der Waals surface area contributed by atoms with E-state index in [2.05, 4.69) is 20.6 Å². The van der Waals surface area contributed by atoms with Crippen LogP contribution < -0.4 is 15.4 Å². The third-order valence-corrected chi connectivity index (χ3v) is 7.07. The number of nitrogens with one attached hydrogen (secondary N) is 2. The van der Waals surface area contributed by atoms with Crippen molar-refractivity contribution in [2.24, 2.45) is 0 Å². The second-order valence-electron chi connectivity index (χ2n) is 9.72. The van der Waals surface area contributed by atoms with Crippen molar-refractivity contribution >= 4 is 29.0 Å². The number of piperazine rings is 1. The lowest BCUT2D eigenvalue weighted by molar-refractivity contribution is -0.131. The molecule has 11 heteroatoms. The predicted molar refractivity (Wildman–Crippen MR) is 150 cm³/mol. The summed E-state index contributed by atoms with van der Waals surface area (Å²) >= 11 is 0. The van der Waals surface area contributed by atoms with E-state index in [-0.39, 0.29) is 17.6 Å². The van der Waals surface area contributed by atoms with E-state index in [1.807, 2.05) is 28.4 Å². The van der Waals surface area contributed by atoms with E-state index in [1.165, 1.54) is 13.2 Å². The minimum absolute atomic E-state index is 0.0679. The van der Waals surface area contributed by atoms with E-state index in [9.17, 15) is 14.0 Å². The van der Waals surface area contributed by atoms with Crippen molar-refractivity contribution in [2.45, 2.75) is 13.3 Å². The van der Waals surface area contributed by atoms with Gasteiger partial charge in [0.2, 0.25) is 5.91 Å². The van der Waals surface area contributed by atoms with Crippen LogP contribution in [0.25, 0.3) is 16.9 Å². The number of amides is 2. The van der Waals surface area contributed by atoms with Crippen LogP contribution in [0.15, 0.2) is 55.0 Å². The summed E-state index contributed by atoms with van der Waals surface area (Å²) in [5.74, 6) is 0.170. The van der Waals surface area contributed by atoms with Crippen LogP contribution in [0, 0.1) is 12.7 Å². The maximum Gasteiger partial charge on any atom is 0.253 e. The fourth-order valence-electron chi connectivity index (χ4n) is 4.81. The van der Waals surface area contributed by atoms with Crippen LogP contribution in [0.2, 0.25) is 0 Å². The number of benzene rings is 2. The highest BCUT2D eigenvalue weighted by Gasteiger charge is 2.20. The summed E-state index contributed by atoms with van der Waals surface area (Å²) in [5, 5.41) is 6.52. The fraction of sp³-hybridized carbons (Fsp3) is 0.310. The number of fused-ring (bicyclic) bond motifs is 1. The molecule has 3 heterocycles. The Hall–Kier alpha value is -4.51. The smallest absolute Gasteiger partial charge is 0.253 e. The van der Waals surface area contributed by atoms with E-state index >= 15 is 0 Å². The summed E-state index contributed by atoms with van der Waals surface area (Å²) in [4.78, 5) is 38.0. The van der Waals surface area contributed by atoms with E-state index < -0.39 is 5.82 Å². The molecule has 1 aliphatic rings. The lowest BCUT2D eigenvalue weighted by Crippen LogP contribution is -2.47. The quantitative estimate of drug-likeness (QED) is 0.349. The summed E-state index contributed by atoms with van der Waals surface area (Å²) in [6.07, 6.45) is 5.37. The maximum absolute atomic E-state index is 14.3. The van der Waals surface area contributed by atoms with Gasteiger partial charge in [-0.2, -0.15) is 0 Å². The van der Waals surface area contributed by atoms with Crippen molar-refractivity contribution in [1.82, 2.24) is 29.5 Å². The zero-order chi connectivity index (χ0) is 28.2. The molecule has 1 fully saturated rings. The molecule has 208 valence electrons. The second-order valence-corrected chi connectivity index (χ2v) is 9.72. The molecular weight excluding hydrogens is 513 g/mol. The number of ether oxygens (including phenoxy) is 1. The molecule has 2 N–H and O–H groups in total. The summed E-state index contributed by atoms with van der Waals surface area (Å²) < 4.78 is 21.2. The highest BCUT2D eigenvalue weighted by Crippen LogP contribution is 2.29. The lowest BCUT2D eigenvalue weighted by Gasteiger charge is -2.28. The van der Waals surface area contributed by atoms with Crippen molar-refractivity contribution in [1.29, 1.82) is 0 Å². The summed E-state index contributed by atoms with van der Waals surface area (Å²) in [7, 11) is 3.14. The summed E-state index contributed by atoms with van der Waals surface area (Å²) in [6, 6.07) is 10.2. The number of halogens is 1. The molecule has 0 unspecified atom stereocenters. The van der Waals surface area contributed by atoms with Gasteiger partial charge >= 0.3 is 0 Å². The van der Waals surface area contributed by atoms with Gasteiger partial charge in [0.25, 0.3) is 5.91 Å². The molecule has 40 heavy (non-hydrogen) atoms. The van der Waals surface area contributed by atoms with Crippen LogP contribution in [0.5, 0.6) is 5.75 Å². The largest absolute Gasteiger partial charge is 0.494 e. The molecule has 1 saturated heterocycles. The van der Waals surface area contributed by atoms with Gasteiger partial charge in [0.1, 0.15) is 0 Å². The Labute approximate surface area is 231 Å². The van der Waals surface area contributed by atoms with Gasteiger partial charge in [-0.1, -0.05) is 0 Å². The van der Waals surface area contributed by atoms with Crippen molar-refractivity contribution in [3.63, 3.8) is 0 Å². The SMILES string of the molecule is COc1ccc(-c2cnc3c(Nc4ccc(C(=O)N(C)CCC(=O)N5CCNCC5)c(C)c4)nccn23)cc1F. The van der Waals surface area contributed by atoms with E-state index in [0.717, 1.165) is 24.3 Å². The Morgan fingerprint density at radius 1 is 1.15 bits per heavy atom. The minimum Gasteiger partial charge on any atom is -0.494 e. The Bertz CT molecular complexity index is 1550. The predicted octanol–water partition coefficient (Wildman–Crippen LogP) is 3.49. The van der Waals surface area contributed by atoms with Crippen LogP contribution in [0.4, 0.5) is 15.9 Å². The van der Waals surface area contributed by atoms with E-state index in [0.29, 0.717) is 54.3 Å². The molecular formula is C29H32FN7O3. The monoisotopic (exact) mass is 545 g/mol. The van der Waals surface area contributed by atoms with Gasteiger partial charge in [-0.25, -0.2) is 14.4 Å². The Morgan fingerprint density at radius 2 is 1.95 bits per heavy atom. The van der Waals surface area contributed by atoms with Crippen molar-refractivity contribution < 1.29 is 18.7 Å². The summed E-state index contributed by atoms with van der Waals surface area (Å²) in [5.41, 5.74) is 4.03. The lowest BCUT2D eigenvalue weighted by atomic mass is 10.1. The van der Waals surface area contributed by atoms with Gasteiger partial charge in [0.15, 0.2) is 23.0 Å². The number of nitrogens with zero attached hydrogens (tertiary/aromatic N) is 5. The number of anilines is 2. The molecule has 0 aliphatic carbocycles. The second kappa shape index (κ2) is 11.7. The Morgan fingerprint density at radius 3 is 2.67 bits per heavy atom. The molecule has 0 radical (unpaired) electrons. The number of aromatic nitrogens is 3. The average molecular weight is 546 g/mol. The molecule has 2 aromatic heterocycles.